The van der Waals surface area contributed by atoms with Gasteiger partial charge in [-0.1, -0.05) is 24.3 Å². The number of carboxylic acid groups (broad SMARTS) is 1. The van der Waals surface area contributed by atoms with E-state index in [1.54, 1.807) is 0 Å². The summed E-state index contributed by atoms with van der Waals surface area (Å²) in [5.74, 6) is -0.739. The molecule has 0 unspecified atom stereocenters. The van der Waals surface area contributed by atoms with Crippen molar-refractivity contribution >= 4 is 5.97 Å². The number of aliphatic carboxylic acids is 1. The summed E-state index contributed by atoms with van der Waals surface area (Å²) in [6, 6.07) is 7.46. The van der Waals surface area contributed by atoms with Crippen LogP contribution in [0.3, 0.4) is 0 Å². The van der Waals surface area contributed by atoms with E-state index in [-0.39, 0.29) is 6.61 Å². The number of aliphatic hydroxyl groups excluding tert-OH is 1. The molecule has 1 aliphatic rings. The fourth-order valence-electron chi connectivity index (χ4n) is 2.38. The van der Waals surface area contributed by atoms with E-state index in [0.717, 1.165) is 11.1 Å². The molecule has 2 rings (SSSR count). The number of rotatable bonds is 4. The van der Waals surface area contributed by atoms with E-state index in [4.69, 9.17) is 9.84 Å². The van der Waals surface area contributed by atoms with Crippen LogP contribution in [-0.4, -0.2) is 29.4 Å². The van der Waals surface area contributed by atoms with Gasteiger partial charge in [-0.3, -0.25) is 4.79 Å². The topological polar surface area (TPSA) is 66.8 Å². The van der Waals surface area contributed by atoms with E-state index in [0.29, 0.717) is 32.5 Å². The Hall–Kier alpha value is -1.39. The highest BCUT2D eigenvalue weighted by Gasteiger charge is 2.40. The zero-order valence-corrected chi connectivity index (χ0v) is 10.3. The van der Waals surface area contributed by atoms with Crippen LogP contribution in [0.1, 0.15) is 24.0 Å². The van der Waals surface area contributed by atoms with Crippen LogP contribution in [0.4, 0.5) is 0 Å². The van der Waals surface area contributed by atoms with E-state index >= 15 is 0 Å². The third-order valence-electron chi connectivity index (χ3n) is 3.65. The van der Waals surface area contributed by atoms with Crippen molar-refractivity contribution in [2.45, 2.75) is 25.9 Å². The lowest BCUT2D eigenvalue weighted by atomic mass is 9.75. The molecule has 1 saturated heterocycles. The first-order valence-corrected chi connectivity index (χ1v) is 6.16. The summed E-state index contributed by atoms with van der Waals surface area (Å²) in [6.45, 7) is 1.04. The van der Waals surface area contributed by atoms with Gasteiger partial charge < -0.3 is 14.9 Å². The largest absolute Gasteiger partial charge is 0.481 e. The summed E-state index contributed by atoms with van der Waals surface area (Å²) in [4.78, 5) is 11.5. The minimum atomic E-state index is -0.739. The quantitative estimate of drug-likeness (QED) is 0.851. The first-order chi connectivity index (χ1) is 8.66. The van der Waals surface area contributed by atoms with Crippen molar-refractivity contribution in [3.8, 4) is 0 Å². The van der Waals surface area contributed by atoms with Crippen LogP contribution in [0, 0.1) is 5.41 Å². The molecule has 98 valence electrons. The number of hydrogen-bond acceptors (Lipinski definition) is 3. The van der Waals surface area contributed by atoms with E-state index < -0.39 is 11.4 Å². The summed E-state index contributed by atoms with van der Waals surface area (Å²) in [5.41, 5.74) is 1.14. The Bertz CT molecular complexity index is 404. The molecule has 4 heteroatoms. The zero-order valence-electron chi connectivity index (χ0n) is 10.3. The van der Waals surface area contributed by atoms with Gasteiger partial charge in [-0.05, 0) is 30.4 Å². The van der Waals surface area contributed by atoms with Crippen LogP contribution in [0.5, 0.6) is 0 Å². The molecule has 0 amide bonds. The Morgan fingerprint density at radius 1 is 1.17 bits per heavy atom. The summed E-state index contributed by atoms with van der Waals surface area (Å²) in [6.07, 6.45) is 1.64. The second-order valence-corrected chi connectivity index (χ2v) is 4.85. The number of hydrogen-bond donors (Lipinski definition) is 2. The molecule has 0 spiro atoms. The first kappa shape index (κ1) is 13.1. The normalized spacial score (nSPS) is 18.5. The maximum atomic E-state index is 11.5. The van der Waals surface area contributed by atoms with Crippen LogP contribution in [-0.2, 0) is 22.6 Å². The molecule has 1 fully saturated rings. The molecule has 1 heterocycles. The Labute approximate surface area is 106 Å². The lowest BCUT2D eigenvalue weighted by Gasteiger charge is -2.33. The highest BCUT2D eigenvalue weighted by Crippen LogP contribution is 2.34. The van der Waals surface area contributed by atoms with E-state index in [1.807, 2.05) is 24.3 Å². The predicted molar refractivity (Wildman–Crippen MR) is 66.2 cm³/mol. The standard InChI is InChI=1S/C14H18O4/c15-10-12-3-1-11(2-4-12)9-14(13(16)17)5-7-18-8-6-14/h1-4,15H,5-10H2,(H,16,17). The Kier molecular flexibility index (Phi) is 3.99. The second-order valence-electron chi connectivity index (χ2n) is 4.85. The van der Waals surface area contributed by atoms with E-state index in [2.05, 4.69) is 0 Å². The fourth-order valence-corrected chi connectivity index (χ4v) is 2.38. The van der Waals surface area contributed by atoms with Crippen LogP contribution in [0.25, 0.3) is 0 Å². The maximum absolute atomic E-state index is 11.5. The molecule has 1 aliphatic heterocycles. The smallest absolute Gasteiger partial charge is 0.310 e. The molecule has 18 heavy (non-hydrogen) atoms. The average Bonchev–Trinajstić information content (AvgIpc) is 2.40. The Morgan fingerprint density at radius 3 is 2.22 bits per heavy atom. The molecule has 0 bridgehead atoms. The van der Waals surface area contributed by atoms with Crippen molar-refractivity contribution in [1.29, 1.82) is 0 Å². The van der Waals surface area contributed by atoms with Crippen molar-refractivity contribution < 1.29 is 19.7 Å². The predicted octanol–water partition coefficient (Wildman–Crippen LogP) is 1.60. The molecule has 1 aromatic rings. The van der Waals surface area contributed by atoms with Crippen molar-refractivity contribution in [3.05, 3.63) is 35.4 Å². The van der Waals surface area contributed by atoms with Crippen LogP contribution in [0.2, 0.25) is 0 Å². The summed E-state index contributed by atoms with van der Waals surface area (Å²) >= 11 is 0. The van der Waals surface area contributed by atoms with Crippen LogP contribution in [0.15, 0.2) is 24.3 Å². The molecule has 0 atom stereocenters. The van der Waals surface area contributed by atoms with E-state index in [9.17, 15) is 9.90 Å². The number of carbonyl (C=O) groups is 1. The molecule has 2 N–H and O–H groups in total. The number of benzene rings is 1. The minimum Gasteiger partial charge on any atom is -0.481 e. The maximum Gasteiger partial charge on any atom is 0.310 e. The second kappa shape index (κ2) is 5.50. The lowest BCUT2D eigenvalue weighted by molar-refractivity contribution is -0.154. The number of ether oxygens (including phenoxy) is 1. The Morgan fingerprint density at radius 2 is 1.72 bits per heavy atom. The van der Waals surface area contributed by atoms with Crippen molar-refractivity contribution in [2.24, 2.45) is 5.41 Å². The first-order valence-electron chi connectivity index (χ1n) is 6.16. The molecular formula is C14H18O4. The van der Waals surface area contributed by atoms with Crippen LogP contribution < -0.4 is 0 Å². The molecule has 4 nitrogen and oxygen atoms in total. The SMILES string of the molecule is O=C(O)C1(Cc2ccc(CO)cc2)CCOCC1. The fraction of sp³-hybridized carbons (Fsp3) is 0.500. The zero-order chi connectivity index (χ0) is 13.0. The lowest BCUT2D eigenvalue weighted by Crippen LogP contribution is -2.39. The monoisotopic (exact) mass is 250 g/mol. The Balaban J connectivity index is 2.15. The average molecular weight is 250 g/mol. The van der Waals surface area contributed by atoms with Gasteiger partial charge in [0.15, 0.2) is 0 Å². The molecule has 0 aromatic heterocycles. The van der Waals surface area contributed by atoms with Gasteiger partial charge in [-0.25, -0.2) is 0 Å². The molecule has 0 saturated carbocycles. The van der Waals surface area contributed by atoms with Crippen LogP contribution >= 0.6 is 0 Å². The molecule has 0 radical (unpaired) electrons. The van der Waals surface area contributed by atoms with E-state index in [1.165, 1.54) is 0 Å². The third kappa shape index (κ3) is 2.71. The highest BCUT2D eigenvalue weighted by molar-refractivity contribution is 5.75. The van der Waals surface area contributed by atoms with Crippen molar-refractivity contribution in [1.82, 2.24) is 0 Å². The van der Waals surface area contributed by atoms with Gasteiger partial charge in [-0.15, -0.1) is 0 Å². The van der Waals surface area contributed by atoms with Crippen molar-refractivity contribution in [3.63, 3.8) is 0 Å². The summed E-state index contributed by atoms with van der Waals surface area (Å²) in [5, 5.41) is 18.4. The molecule has 0 aliphatic carbocycles. The molecule has 1 aromatic carbocycles. The summed E-state index contributed by atoms with van der Waals surface area (Å²) in [7, 11) is 0. The number of carboxylic acids is 1. The van der Waals surface area contributed by atoms with Gasteiger partial charge in [0.1, 0.15) is 0 Å². The molecular weight excluding hydrogens is 232 g/mol. The van der Waals surface area contributed by atoms with Gasteiger partial charge in [0, 0.05) is 13.2 Å². The van der Waals surface area contributed by atoms with Gasteiger partial charge >= 0.3 is 5.97 Å². The van der Waals surface area contributed by atoms with Gasteiger partial charge in [0.05, 0.1) is 12.0 Å². The minimum absolute atomic E-state index is 0.0121. The van der Waals surface area contributed by atoms with Gasteiger partial charge in [0.25, 0.3) is 0 Å². The van der Waals surface area contributed by atoms with Gasteiger partial charge in [0.2, 0.25) is 0 Å². The van der Waals surface area contributed by atoms with Crippen molar-refractivity contribution in [2.75, 3.05) is 13.2 Å². The third-order valence-corrected chi connectivity index (χ3v) is 3.65. The van der Waals surface area contributed by atoms with Gasteiger partial charge in [-0.2, -0.15) is 0 Å². The summed E-state index contributed by atoms with van der Waals surface area (Å²) < 4.78 is 5.25. The highest BCUT2D eigenvalue weighted by atomic mass is 16.5. The number of aliphatic hydroxyl groups is 1.